The van der Waals surface area contributed by atoms with E-state index in [1.54, 1.807) is 5.51 Å². The Morgan fingerprint density at radius 2 is 2.21 bits per heavy atom. The molecule has 1 N–H and O–H groups in total. The highest BCUT2D eigenvalue weighted by atomic mass is 32.2. The van der Waals surface area contributed by atoms with E-state index >= 15 is 0 Å². The van der Waals surface area contributed by atoms with E-state index in [1.165, 1.54) is 28.7 Å². The lowest BCUT2D eigenvalue weighted by Crippen LogP contribution is -2.32. The van der Waals surface area contributed by atoms with Crippen molar-refractivity contribution in [3.63, 3.8) is 0 Å². The largest absolute Gasteiger partial charge is 0.355 e. The molecular weight excluding hydrogens is 278 g/mol. The summed E-state index contributed by atoms with van der Waals surface area (Å²) in [6.07, 6.45) is 0.850. The van der Waals surface area contributed by atoms with Crippen LogP contribution in [0.15, 0.2) is 40.2 Å². The summed E-state index contributed by atoms with van der Waals surface area (Å²) in [5.74, 6) is 0.0381. The molecule has 0 saturated carbocycles. The molecule has 0 aliphatic carbocycles. The van der Waals surface area contributed by atoms with Gasteiger partial charge in [-0.3, -0.25) is 4.79 Å². The Morgan fingerprint density at radius 1 is 1.42 bits per heavy atom. The Bertz CT molecular complexity index is 502. The van der Waals surface area contributed by atoms with Crippen LogP contribution in [0.5, 0.6) is 0 Å². The molecule has 1 aromatic heterocycles. The van der Waals surface area contributed by atoms with Crippen LogP contribution in [0.4, 0.5) is 0 Å². The summed E-state index contributed by atoms with van der Waals surface area (Å²) < 4.78 is 0.825. The lowest BCUT2D eigenvalue weighted by molar-refractivity contribution is -0.120. The van der Waals surface area contributed by atoms with E-state index in [-0.39, 0.29) is 11.2 Å². The summed E-state index contributed by atoms with van der Waals surface area (Å²) in [6.45, 7) is 2.54. The molecule has 0 saturated heterocycles. The molecule has 1 aromatic carbocycles. The standard InChI is InChI=1S/C13H15N3OS2/c1-10(19-13-16-15-9-18-13)12(17)14-8-7-11-5-3-2-4-6-11/h2-6,9-10H,7-8H2,1H3,(H,14,17)/t10-/m1/s1. The molecule has 1 heterocycles. The molecule has 2 rings (SSSR count). The number of rotatable bonds is 6. The van der Waals surface area contributed by atoms with Crippen LogP contribution < -0.4 is 5.32 Å². The smallest absolute Gasteiger partial charge is 0.233 e. The van der Waals surface area contributed by atoms with Crippen LogP contribution in [0.25, 0.3) is 0 Å². The van der Waals surface area contributed by atoms with Crippen molar-refractivity contribution >= 4 is 29.0 Å². The number of thioether (sulfide) groups is 1. The van der Waals surface area contributed by atoms with Gasteiger partial charge < -0.3 is 5.32 Å². The lowest BCUT2D eigenvalue weighted by Gasteiger charge is -2.10. The van der Waals surface area contributed by atoms with Crippen molar-refractivity contribution in [3.8, 4) is 0 Å². The molecule has 0 spiro atoms. The maximum atomic E-state index is 11.9. The van der Waals surface area contributed by atoms with E-state index in [0.717, 1.165) is 10.8 Å². The Labute approximate surface area is 120 Å². The second-order valence-electron chi connectivity index (χ2n) is 3.99. The summed E-state index contributed by atoms with van der Waals surface area (Å²) in [5, 5.41) is 10.5. The Hall–Kier alpha value is -1.40. The molecule has 0 fully saturated rings. The van der Waals surface area contributed by atoms with Crippen molar-refractivity contribution < 1.29 is 4.79 Å². The van der Waals surface area contributed by atoms with E-state index in [9.17, 15) is 4.79 Å². The molecule has 0 radical (unpaired) electrons. The van der Waals surface area contributed by atoms with E-state index in [2.05, 4.69) is 27.6 Å². The molecule has 0 unspecified atom stereocenters. The van der Waals surface area contributed by atoms with Gasteiger partial charge in [-0.15, -0.1) is 10.2 Å². The highest BCUT2D eigenvalue weighted by Crippen LogP contribution is 2.23. The van der Waals surface area contributed by atoms with Crippen LogP contribution in [0.2, 0.25) is 0 Å². The fraction of sp³-hybridized carbons (Fsp3) is 0.308. The Balaban J connectivity index is 1.72. The van der Waals surface area contributed by atoms with Gasteiger partial charge in [0.25, 0.3) is 0 Å². The Kier molecular flexibility index (Phi) is 5.35. The van der Waals surface area contributed by atoms with E-state index in [1.807, 2.05) is 25.1 Å². The fourth-order valence-corrected chi connectivity index (χ4v) is 3.19. The number of amides is 1. The summed E-state index contributed by atoms with van der Waals surface area (Å²) in [7, 11) is 0. The highest BCUT2D eigenvalue weighted by Gasteiger charge is 2.15. The highest BCUT2D eigenvalue weighted by molar-refractivity contribution is 8.02. The molecule has 4 nitrogen and oxygen atoms in total. The van der Waals surface area contributed by atoms with Gasteiger partial charge in [-0.2, -0.15) is 0 Å². The number of benzene rings is 1. The topological polar surface area (TPSA) is 54.9 Å². The van der Waals surface area contributed by atoms with Crippen LogP contribution in [0.1, 0.15) is 12.5 Å². The van der Waals surface area contributed by atoms with Crippen LogP contribution in [0, 0.1) is 0 Å². The average Bonchev–Trinajstić information content (AvgIpc) is 2.92. The van der Waals surface area contributed by atoms with Gasteiger partial charge in [0, 0.05) is 6.54 Å². The van der Waals surface area contributed by atoms with Crippen molar-refractivity contribution in [2.24, 2.45) is 0 Å². The quantitative estimate of drug-likeness (QED) is 0.831. The number of carbonyl (C=O) groups excluding carboxylic acids is 1. The van der Waals surface area contributed by atoms with Gasteiger partial charge in [0.2, 0.25) is 5.91 Å². The van der Waals surface area contributed by atoms with Crippen molar-refractivity contribution in [1.82, 2.24) is 15.5 Å². The molecule has 0 bridgehead atoms. The minimum atomic E-state index is -0.149. The number of aromatic nitrogens is 2. The Morgan fingerprint density at radius 3 is 2.89 bits per heavy atom. The van der Waals surface area contributed by atoms with Crippen molar-refractivity contribution in [3.05, 3.63) is 41.4 Å². The predicted octanol–water partition coefficient (Wildman–Crippen LogP) is 2.38. The number of nitrogens with one attached hydrogen (secondary N) is 1. The van der Waals surface area contributed by atoms with E-state index in [0.29, 0.717) is 6.54 Å². The van der Waals surface area contributed by atoms with Crippen LogP contribution in [-0.4, -0.2) is 27.9 Å². The predicted molar refractivity (Wildman–Crippen MR) is 78.4 cm³/mol. The zero-order valence-corrected chi connectivity index (χ0v) is 12.2. The monoisotopic (exact) mass is 293 g/mol. The fourth-order valence-electron chi connectivity index (χ4n) is 1.54. The molecule has 2 aromatic rings. The third-order valence-corrected chi connectivity index (χ3v) is 4.45. The number of hydrogen-bond donors (Lipinski definition) is 1. The normalized spacial score (nSPS) is 12.1. The van der Waals surface area contributed by atoms with E-state index in [4.69, 9.17) is 0 Å². The van der Waals surface area contributed by atoms with Gasteiger partial charge in [-0.1, -0.05) is 53.4 Å². The van der Waals surface area contributed by atoms with Gasteiger partial charge in [-0.25, -0.2) is 0 Å². The molecular formula is C13H15N3OS2. The van der Waals surface area contributed by atoms with Crippen molar-refractivity contribution in [2.45, 2.75) is 22.9 Å². The molecule has 100 valence electrons. The molecule has 1 atom stereocenters. The minimum absolute atomic E-state index is 0.0381. The van der Waals surface area contributed by atoms with Gasteiger partial charge in [0.15, 0.2) is 4.34 Å². The minimum Gasteiger partial charge on any atom is -0.355 e. The van der Waals surface area contributed by atoms with Gasteiger partial charge in [-0.05, 0) is 18.9 Å². The molecule has 6 heteroatoms. The number of carbonyl (C=O) groups is 1. The van der Waals surface area contributed by atoms with Crippen LogP contribution in [0.3, 0.4) is 0 Å². The maximum Gasteiger partial charge on any atom is 0.233 e. The summed E-state index contributed by atoms with van der Waals surface area (Å²) in [6, 6.07) is 10.1. The van der Waals surface area contributed by atoms with Crippen molar-refractivity contribution in [1.29, 1.82) is 0 Å². The second-order valence-corrected chi connectivity index (χ2v) is 6.41. The van der Waals surface area contributed by atoms with E-state index < -0.39 is 0 Å². The first-order chi connectivity index (χ1) is 9.25. The lowest BCUT2D eigenvalue weighted by atomic mass is 10.1. The third-order valence-electron chi connectivity index (χ3n) is 2.54. The molecule has 0 aliphatic heterocycles. The molecule has 0 aliphatic rings. The number of nitrogens with zero attached hydrogens (tertiary/aromatic N) is 2. The zero-order chi connectivity index (χ0) is 13.5. The third kappa shape index (κ3) is 4.65. The van der Waals surface area contributed by atoms with Gasteiger partial charge in [0.05, 0.1) is 5.25 Å². The van der Waals surface area contributed by atoms with Crippen LogP contribution in [-0.2, 0) is 11.2 Å². The summed E-state index contributed by atoms with van der Waals surface area (Å²) >= 11 is 2.89. The average molecular weight is 293 g/mol. The van der Waals surface area contributed by atoms with Crippen LogP contribution >= 0.6 is 23.1 Å². The van der Waals surface area contributed by atoms with Gasteiger partial charge in [0.1, 0.15) is 5.51 Å². The van der Waals surface area contributed by atoms with Crippen molar-refractivity contribution in [2.75, 3.05) is 6.54 Å². The molecule has 1 amide bonds. The summed E-state index contributed by atoms with van der Waals surface area (Å²) in [4.78, 5) is 11.9. The SMILES string of the molecule is C[C@@H](Sc1nncs1)C(=O)NCCc1ccccc1. The second kappa shape index (κ2) is 7.25. The first-order valence-corrected chi connectivity index (χ1v) is 7.76. The molecule has 19 heavy (non-hydrogen) atoms. The zero-order valence-electron chi connectivity index (χ0n) is 10.6. The summed E-state index contributed by atoms with van der Waals surface area (Å²) in [5.41, 5.74) is 2.90. The first-order valence-electron chi connectivity index (χ1n) is 6.00. The maximum absolute atomic E-state index is 11.9. The first kappa shape index (κ1) is 14.0. The van der Waals surface area contributed by atoms with Gasteiger partial charge >= 0.3 is 0 Å². The number of hydrogen-bond acceptors (Lipinski definition) is 5.